The SMILES string of the molecule is CCN(CC1CC1)c1ncc(Br)cc1F. The van der Waals surface area contributed by atoms with Crippen molar-refractivity contribution in [3.63, 3.8) is 0 Å². The van der Waals surface area contributed by atoms with E-state index in [9.17, 15) is 4.39 Å². The zero-order valence-corrected chi connectivity index (χ0v) is 10.3. The van der Waals surface area contributed by atoms with E-state index in [4.69, 9.17) is 0 Å². The van der Waals surface area contributed by atoms with Crippen molar-refractivity contribution in [1.82, 2.24) is 4.98 Å². The van der Waals surface area contributed by atoms with Crippen LogP contribution in [0.15, 0.2) is 16.7 Å². The molecule has 2 rings (SSSR count). The molecule has 0 amide bonds. The summed E-state index contributed by atoms with van der Waals surface area (Å²) in [5.41, 5.74) is 0. The highest BCUT2D eigenvalue weighted by atomic mass is 79.9. The molecule has 82 valence electrons. The third kappa shape index (κ3) is 2.68. The number of aromatic nitrogens is 1. The number of halogens is 2. The van der Waals surface area contributed by atoms with Gasteiger partial charge in [-0.1, -0.05) is 0 Å². The highest BCUT2D eigenvalue weighted by Crippen LogP contribution is 2.31. The molecule has 2 nitrogen and oxygen atoms in total. The highest BCUT2D eigenvalue weighted by molar-refractivity contribution is 9.10. The molecule has 0 spiro atoms. The fourth-order valence-electron chi connectivity index (χ4n) is 1.62. The number of nitrogens with zero attached hydrogens (tertiary/aromatic N) is 2. The van der Waals surface area contributed by atoms with Crippen LogP contribution in [0.4, 0.5) is 10.2 Å². The van der Waals surface area contributed by atoms with Crippen LogP contribution in [0, 0.1) is 11.7 Å². The summed E-state index contributed by atoms with van der Waals surface area (Å²) in [6.07, 6.45) is 4.19. The minimum Gasteiger partial charge on any atom is -0.354 e. The fraction of sp³-hybridized carbons (Fsp3) is 0.545. The van der Waals surface area contributed by atoms with Crippen LogP contribution in [-0.2, 0) is 0 Å². The second-order valence-electron chi connectivity index (χ2n) is 3.94. The average molecular weight is 273 g/mol. The number of pyridine rings is 1. The number of anilines is 1. The van der Waals surface area contributed by atoms with Gasteiger partial charge in [-0.05, 0) is 47.7 Å². The Balaban J connectivity index is 2.16. The molecular weight excluding hydrogens is 259 g/mol. The largest absolute Gasteiger partial charge is 0.354 e. The van der Waals surface area contributed by atoms with Gasteiger partial charge in [-0.15, -0.1) is 0 Å². The van der Waals surface area contributed by atoms with Crippen LogP contribution in [0.1, 0.15) is 19.8 Å². The monoisotopic (exact) mass is 272 g/mol. The molecule has 0 aromatic carbocycles. The Hall–Kier alpha value is -0.640. The molecule has 0 aliphatic heterocycles. The lowest BCUT2D eigenvalue weighted by atomic mass is 10.3. The standard InChI is InChI=1S/C11H14BrFN2/c1-2-15(7-8-3-4-8)11-10(13)5-9(12)6-14-11/h5-6,8H,2-4,7H2,1H3. The molecule has 0 bridgehead atoms. The van der Waals surface area contributed by atoms with E-state index in [1.165, 1.54) is 18.9 Å². The van der Waals surface area contributed by atoms with E-state index < -0.39 is 0 Å². The van der Waals surface area contributed by atoms with Crippen LogP contribution in [0.25, 0.3) is 0 Å². The maximum atomic E-state index is 13.6. The minimum absolute atomic E-state index is 0.244. The lowest BCUT2D eigenvalue weighted by molar-refractivity contribution is 0.603. The van der Waals surface area contributed by atoms with E-state index in [-0.39, 0.29) is 5.82 Å². The Labute approximate surface area is 97.6 Å². The summed E-state index contributed by atoms with van der Waals surface area (Å²) in [5, 5.41) is 0. The molecule has 1 saturated carbocycles. The Morgan fingerprint density at radius 2 is 2.33 bits per heavy atom. The van der Waals surface area contributed by atoms with Gasteiger partial charge in [0.1, 0.15) is 0 Å². The van der Waals surface area contributed by atoms with Gasteiger partial charge in [0.25, 0.3) is 0 Å². The number of hydrogen-bond acceptors (Lipinski definition) is 2. The lowest BCUT2D eigenvalue weighted by Crippen LogP contribution is -2.27. The summed E-state index contributed by atoms with van der Waals surface area (Å²) in [7, 11) is 0. The second kappa shape index (κ2) is 4.47. The predicted octanol–water partition coefficient (Wildman–Crippen LogP) is 3.22. The van der Waals surface area contributed by atoms with Gasteiger partial charge >= 0.3 is 0 Å². The summed E-state index contributed by atoms with van der Waals surface area (Å²) in [6, 6.07) is 1.47. The first-order valence-electron chi connectivity index (χ1n) is 5.26. The minimum atomic E-state index is -0.244. The molecule has 4 heteroatoms. The molecule has 0 unspecified atom stereocenters. The smallest absolute Gasteiger partial charge is 0.166 e. The molecule has 1 aliphatic rings. The van der Waals surface area contributed by atoms with Crippen molar-refractivity contribution >= 4 is 21.7 Å². The lowest BCUT2D eigenvalue weighted by Gasteiger charge is -2.22. The van der Waals surface area contributed by atoms with E-state index in [0.717, 1.165) is 19.0 Å². The van der Waals surface area contributed by atoms with Crippen LogP contribution in [0.3, 0.4) is 0 Å². The van der Waals surface area contributed by atoms with Crippen molar-refractivity contribution < 1.29 is 4.39 Å². The molecule has 0 saturated heterocycles. The number of hydrogen-bond donors (Lipinski definition) is 0. The normalized spacial score (nSPS) is 15.4. The van der Waals surface area contributed by atoms with Gasteiger partial charge in [0.15, 0.2) is 11.6 Å². The summed E-state index contributed by atoms with van der Waals surface area (Å²) in [4.78, 5) is 6.15. The second-order valence-corrected chi connectivity index (χ2v) is 4.86. The summed E-state index contributed by atoms with van der Waals surface area (Å²) < 4.78 is 14.3. The van der Waals surface area contributed by atoms with Crippen LogP contribution in [-0.4, -0.2) is 18.1 Å². The van der Waals surface area contributed by atoms with Crippen LogP contribution in [0.5, 0.6) is 0 Å². The van der Waals surface area contributed by atoms with Crippen molar-refractivity contribution in [2.45, 2.75) is 19.8 Å². The number of rotatable bonds is 4. The quantitative estimate of drug-likeness (QED) is 0.837. The van der Waals surface area contributed by atoms with Gasteiger partial charge in [0, 0.05) is 23.8 Å². The third-order valence-electron chi connectivity index (χ3n) is 2.65. The molecule has 1 aromatic heterocycles. The molecule has 1 aromatic rings. The van der Waals surface area contributed by atoms with Gasteiger partial charge in [-0.25, -0.2) is 9.37 Å². The van der Waals surface area contributed by atoms with Gasteiger partial charge < -0.3 is 4.90 Å². The molecule has 1 aliphatic carbocycles. The fourth-order valence-corrected chi connectivity index (χ4v) is 1.92. The van der Waals surface area contributed by atoms with Gasteiger partial charge in [-0.3, -0.25) is 0 Å². The summed E-state index contributed by atoms with van der Waals surface area (Å²) >= 11 is 3.21. The van der Waals surface area contributed by atoms with Crippen LogP contribution < -0.4 is 4.90 Å². The zero-order chi connectivity index (χ0) is 10.8. The molecule has 0 atom stereocenters. The Morgan fingerprint density at radius 1 is 1.60 bits per heavy atom. The van der Waals surface area contributed by atoms with E-state index >= 15 is 0 Å². The van der Waals surface area contributed by atoms with E-state index in [2.05, 4.69) is 20.9 Å². The molecule has 1 heterocycles. The molecule has 1 fully saturated rings. The van der Waals surface area contributed by atoms with Crippen molar-refractivity contribution in [2.24, 2.45) is 5.92 Å². The van der Waals surface area contributed by atoms with E-state index in [1.807, 2.05) is 11.8 Å². The van der Waals surface area contributed by atoms with Crippen LogP contribution in [0.2, 0.25) is 0 Å². The first-order valence-corrected chi connectivity index (χ1v) is 6.06. The third-order valence-corrected chi connectivity index (χ3v) is 3.08. The van der Waals surface area contributed by atoms with Crippen molar-refractivity contribution in [2.75, 3.05) is 18.0 Å². The molecule has 0 radical (unpaired) electrons. The van der Waals surface area contributed by atoms with Gasteiger partial charge in [0.05, 0.1) is 0 Å². The van der Waals surface area contributed by atoms with Gasteiger partial charge in [0.2, 0.25) is 0 Å². The summed E-state index contributed by atoms with van der Waals surface area (Å²) in [5.74, 6) is 0.981. The van der Waals surface area contributed by atoms with E-state index in [0.29, 0.717) is 10.3 Å². The highest BCUT2D eigenvalue weighted by Gasteiger charge is 2.25. The summed E-state index contributed by atoms with van der Waals surface area (Å²) in [6.45, 7) is 3.77. The first-order chi connectivity index (χ1) is 7.20. The van der Waals surface area contributed by atoms with Crippen molar-refractivity contribution in [3.8, 4) is 0 Å². The average Bonchev–Trinajstić information content (AvgIpc) is 2.99. The molecular formula is C11H14BrFN2. The first kappa shape index (κ1) is 10.9. The Kier molecular flexibility index (Phi) is 3.24. The predicted molar refractivity (Wildman–Crippen MR) is 62.5 cm³/mol. The molecule has 15 heavy (non-hydrogen) atoms. The van der Waals surface area contributed by atoms with Crippen molar-refractivity contribution in [3.05, 3.63) is 22.6 Å². The topological polar surface area (TPSA) is 16.1 Å². The Morgan fingerprint density at radius 3 is 2.87 bits per heavy atom. The van der Waals surface area contributed by atoms with Crippen molar-refractivity contribution in [1.29, 1.82) is 0 Å². The zero-order valence-electron chi connectivity index (χ0n) is 8.71. The van der Waals surface area contributed by atoms with Gasteiger partial charge in [-0.2, -0.15) is 0 Å². The van der Waals surface area contributed by atoms with E-state index in [1.54, 1.807) is 6.20 Å². The molecule has 0 N–H and O–H groups in total. The van der Waals surface area contributed by atoms with Crippen LogP contribution >= 0.6 is 15.9 Å². The Bertz CT molecular complexity index is 352. The maximum absolute atomic E-state index is 13.6. The maximum Gasteiger partial charge on any atom is 0.166 e.